The molecule has 25 heavy (non-hydrogen) atoms. The fourth-order valence-electron chi connectivity index (χ4n) is 1.93. The van der Waals surface area contributed by atoms with E-state index < -0.39 is 17.4 Å². The van der Waals surface area contributed by atoms with E-state index in [0.29, 0.717) is 17.6 Å². The Kier molecular flexibility index (Phi) is 9.87. The lowest BCUT2D eigenvalue weighted by molar-refractivity contribution is -0.152. The molecule has 0 aliphatic carbocycles. The molecule has 142 valence electrons. The SMILES string of the molecule is C=C(C)C(=O)OCC(CC)(COC(=O)C(=C)C)COC(=CC)C(C)C. The fraction of sp³-hybridized carbons (Fsp3) is 0.600. The molecule has 0 spiro atoms. The second kappa shape index (κ2) is 10.7. The Morgan fingerprint density at radius 2 is 1.36 bits per heavy atom. The molecular formula is C20H32O5. The highest BCUT2D eigenvalue weighted by Crippen LogP contribution is 2.27. The Bertz CT molecular complexity index is 498. The maximum Gasteiger partial charge on any atom is 0.333 e. The van der Waals surface area contributed by atoms with Crippen LogP contribution >= 0.6 is 0 Å². The van der Waals surface area contributed by atoms with Gasteiger partial charge >= 0.3 is 11.9 Å². The molecule has 0 rings (SSSR count). The third-order valence-electron chi connectivity index (χ3n) is 3.86. The average molecular weight is 352 g/mol. The molecule has 0 heterocycles. The highest BCUT2D eigenvalue weighted by molar-refractivity contribution is 5.87. The Balaban J connectivity index is 5.21. The smallest absolute Gasteiger partial charge is 0.333 e. The number of esters is 2. The zero-order chi connectivity index (χ0) is 19.6. The van der Waals surface area contributed by atoms with Crippen LogP contribution in [0.2, 0.25) is 0 Å². The molecule has 0 amide bonds. The fourth-order valence-corrected chi connectivity index (χ4v) is 1.93. The summed E-state index contributed by atoms with van der Waals surface area (Å²) in [6, 6.07) is 0. The maximum atomic E-state index is 11.8. The van der Waals surface area contributed by atoms with Crippen LogP contribution in [0.3, 0.4) is 0 Å². The van der Waals surface area contributed by atoms with Gasteiger partial charge in [0.2, 0.25) is 0 Å². The summed E-state index contributed by atoms with van der Waals surface area (Å²) in [5.41, 5.74) is 0.00155. The molecule has 0 unspecified atom stereocenters. The lowest BCUT2D eigenvalue weighted by Gasteiger charge is -2.32. The molecule has 0 fully saturated rings. The number of carbonyl (C=O) groups is 2. The third kappa shape index (κ3) is 8.05. The summed E-state index contributed by atoms with van der Waals surface area (Å²) in [5.74, 6) is 0.129. The molecule has 0 saturated carbocycles. The van der Waals surface area contributed by atoms with Crippen molar-refractivity contribution in [3.63, 3.8) is 0 Å². The highest BCUT2D eigenvalue weighted by Gasteiger charge is 2.34. The summed E-state index contributed by atoms with van der Waals surface area (Å²) in [4.78, 5) is 23.5. The minimum Gasteiger partial charge on any atom is -0.497 e. The molecule has 0 saturated heterocycles. The van der Waals surface area contributed by atoms with E-state index in [9.17, 15) is 9.59 Å². The van der Waals surface area contributed by atoms with Gasteiger partial charge in [-0.1, -0.05) is 33.9 Å². The van der Waals surface area contributed by atoms with E-state index >= 15 is 0 Å². The molecule has 0 bridgehead atoms. The number of hydrogen-bond acceptors (Lipinski definition) is 5. The van der Waals surface area contributed by atoms with E-state index in [-0.39, 0.29) is 25.7 Å². The molecule has 0 aliphatic rings. The summed E-state index contributed by atoms with van der Waals surface area (Å²) < 4.78 is 16.6. The largest absolute Gasteiger partial charge is 0.497 e. The standard InChI is InChI=1S/C20H32O5/c1-9-17(14(3)4)23-11-20(10-2,12-24-18(21)15(5)6)13-25-19(22)16(7)8/h9,14H,5,7,10-13H2,1-4,6,8H3. The second-order valence-corrected chi connectivity index (χ2v) is 6.70. The second-order valence-electron chi connectivity index (χ2n) is 6.70. The number of allylic oxidation sites excluding steroid dienone is 2. The number of rotatable bonds is 11. The van der Waals surface area contributed by atoms with Gasteiger partial charge in [0.25, 0.3) is 0 Å². The molecule has 0 aromatic heterocycles. The molecule has 0 N–H and O–H groups in total. The first-order valence-corrected chi connectivity index (χ1v) is 8.52. The van der Waals surface area contributed by atoms with E-state index in [4.69, 9.17) is 14.2 Å². The van der Waals surface area contributed by atoms with Crippen LogP contribution in [-0.2, 0) is 23.8 Å². The van der Waals surface area contributed by atoms with Crippen LogP contribution in [0.5, 0.6) is 0 Å². The monoisotopic (exact) mass is 352 g/mol. The summed E-state index contributed by atoms with van der Waals surface area (Å²) >= 11 is 0. The maximum absolute atomic E-state index is 11.8. The van der Waals surface area contributed by atoms with Crippen LogP contribution in [0.25, 0.3) is 0 Å². The minimum absolute atomic E-state index is 0.0771. The highest BCUT2D eigenvalue weighted by atomic mass is 16.6. The van der Waals surface area contributed by atoms with Gasteiger partial charge in [-0.3, -0.25) is 0 Å². The molecule has 0 aromatic rings. The van der Waals surface area contributed by atoms with E-state index in [1.54, 1.807) is 13.8 Å². The summed E-state index contributed by atoms with van der Waals surface area (Å²) in [7, 11) is 0. The van der Waals surface area contributed by atoms with Crippen LogP contribution in [0.4, 0.5) is 0 Å². The van der Waals surface area contributed by atoms with Crippen molar-refractivity contribution in [1.29, 1.82) is 0 Å². The molecule has 0 aliphatic heterocycles. The van der Waals surface area contributed by atoms with Crippen molar-refractivity contribution in [3.05, 3.63) is 36.1 Å². The Labute approximate surface area is 151 Å². The first kappa shape index (κ1) is 23.0. The first-order valence-electron chi connectivity index (χ1n) is 8.52. The summed E-state index contributed by atoms with van der Waals surface area (Å²) in [5, 5.41) is 0. The topological polar surface area (TPSA) is 61.8 Å². The molecule has 5 heteroatoms. The van der Waals surface area contributed by atoms with Crippen LogP contribution in [0.1, 0.15) is 48.0 Å². The Morgan fingerprint density at radius 1 is 0.960 bits per heavy atom. The van der Waals surface area contributed by atoms with E-state index in [2.05, 4.69) is 13.2 Å². The predicted octanol–water partition coefficient (Wildman–Crippen LogP) is 4.20. The van der Waals surface area contributed by atoms with Crippen LogP contribution < -0.4 is 0 Å². The van der Waals surface area contributed by atoms with Crippen LogP contribution in [0.15, 0.2) is 36.1 Å². The van der Waals surface area contributed by atoms with E-state index in [0.717, 1.165) is 5.76 Å². The van der Waals surface area contributed by atoms with Gasteiger partial charge in [-0.2, -0.15) is 0 Å². The molecule has 0 aromatic carbocycles. The van der Waals surface area contributed by atoms with Gasteiger partial charge in [-0.25, -0.2) is 9.59 Å². The number of ether oxygens (including phenoxy) is 3. The van der Waals surface area contributed by atoms with E-state index in [1.807, 2.05) is 33.8 Å². The van der Waals surface area contributed by atoms with Crippen molar-refractivity contribution < 1.29 is 23.8 Å². The van der Waals surface area contributed by atoms with Gasteiger partial charge in [0, 0.05) is 17.1 Å². The van der Waals surface area contributed by atoms with Crippen LogP contribution in [-0.4, -0.2) is 31.8 Å². The molecule has 0 atom stereocenters. The quantitative estimate of drug-likeness (QED) is 0.317. The number of hydrogen-bond donors (Lipinski definition) is 0. The third-order valence-corrected chi connectivity index (χ3v) is 3.86. The van der Waals surface area contributed by atoms with Crippen LogP contribution in [0, 0.1) is 11.3 Å². The van der Waals surface area contributed by atoms with Crippen molar-refractivity contribution in [3.8, 4) is 0 Å². The Hall–Kier alpha value is -2.04. The normalized spacial score (nSPS) is 11.9. The minimum atomic E-state index is -0.640. The van der Waals surface area contributed by atoms with Gasteiger partial charge in [-0.05, 0) is 33.3 Å². The lowest BCUT2D eigenvalue weighted by Crippen LogP contribution is -2.38. The van der Waals surface area contributed by atoms with Crippen molar-refractivity contribution >= 4 is 11.9 Å². The van der Waals surface area contributed by atoms with Gasteiger partial charge < -0.3 is 14.2 Å². The van der Waals surface area contributed by atoms with Gasteiger partial charge in [0.15, 0.2) is 0 Å². The lowest BCUT2D eigenvalue weighted by atomic mass is 9.87. The zero-order valence-corrected chi connectivity index (χ0v) is 16.4. The van der Waals surface area contributed by atoms with Crippen molar-refractivity contribution in [2.75, 3.05) is 19.8 Å². The summed E-state index contributed by atoms with van der Waals surface area (Å²) in [6.45, 7) is 18.7. The molecule has 5 nitrogen and oxygen atoms in total. The molecular weight excluding hydrogens is 320 g/mol. The Morgan fingerprint density at radius 3 is 1.64 bits per heavy atom. The van der Waals surface area contributed by atoms with E-state index in [1.165, 1.54) is 0 Å². The zero-order valence-electron chi connectivity index (χ0n) is 16.4. The predicted molar refractivity (Wildman–Crippen MR) is 98.8 cm³/mol. The van der Waals surface area contributed by atoms with Gasteiger partial charge in [-0.15, -0.1) is 0 Å². The first-order chi connectivity index (χ1) is 11.6. The number of carbonyl (C=O) groups excluding carboxylic acids is 2. The van der Waals surface area contributed by atoms with Gasteiger partial charge in [0.1, 0.15) is 13.2 Å². The van der Waals surface area contributed by atoms with Crippen molar-refractivity contribution in [2.45, 2.75) is 48.0 Å². The van der Waals surface area contributed by atoms with Crippen molar-refractivity contribution in [2.24, 2.45) is 11.3 Å². The molecule has 0 radical (unpaired) electrons. The van der Waals surface area contributed by atoms with Crippen molar-refractivity contribution in [1.82, 2.24) is 0 Å². The van der Waals surface area contributed by atoms with Gasteiger partial charge in [0.05, 0.1) is 17.8 Å². The summed E-state index contributed by atoms with van der Waals surface area (Å²) in [6.07, 6.45) is 2.51. The average Bonchev–Trinajstić information content (AvgIpc) is 2.56.